The Morgan fingerprint density at radius 1 is 0.725 bits per heavy atom. The molecule has 0 bridgehead atoms. The van der Waals surface area contributed by atoms with Crippen LogP contribution in [-0.2, 0) is 23.6 Å². The number of aryl methyl sites for hydroxylation is 1. The Balaban J connectivity index is 1.63. The highest BCUT2D eigenvalue weighted by molar-refractivity contribution is 7.92. The Morgan fingerprint density at radius 3 is 2.08 bits per heavy atom. The summed E-state index contributed by atoms with van der Waals surface area (Å²) in [4.78, 5) is 5.35. The molecule has 0 unspecified atom stereocenters. The van der Waals surface area contributed by atoms with E-state index in [-0.39, 0.29) is 11.4 Å². The summed E-state index contributed by atoms with van der Waals surface area (Å²) in [5.41, 5.74) is 4.42. The van der Waals surface area contributed by atoms with Crippen LogP contribution in [0.2, 0.25) is 0 Å². The molecule has 0 radical (unpaired) electrons. The van der Waals surface area contributed by atoms with Crippen molar-refractivity contribution in [2.24, 2.45) is 7.05 Å². The van der Waals surface area contributed by atoms with E-state index < -0.39 is 10.0 Å². The molecule has 1 aromatic heterocycles. The van der Waals surface area contributed by atoms with Crippen molar-refractivity contribution in [1.82, 2.24) is 9.55 Å². The number of hydrogen-bond acceptors (Lipinski definition) is 3. The van der Waals surface area contributed by atoms with E-state index in [4.69, 9.17) is 4.98 Å². The van der Waals surface area contributed by atoms with Crippen LogP contribution < -0.4 is 4.31 Å². The van der Waals surface area contributed by atoms with Crippen molar-refractivity contribution in [3.8, 4) is 22.6 Å². The first-order valence-electron chi connectivity index (χ1n) is 13.2. The molecule has 1 heterocycles. The summed E-state index contributed by atoms with van der Waals surface area (Å²) in [6.07, 6.45) is 0. The standard InChI is InChI=1S/C34H29N3O2S/c1-25-20-22-29(23-21-25)40(38,39)37(24-26-12-5-3-6-13-26)34-32(28-15-7-4-8-16-28)36(2)33(35-34)31-19-11-17-27-14-9-10-18-30(27)31/h3-23H,24H2,1-2H3. The van der Waals surface area contributed by atoms with Crippen molar-refractivity contribution < 1.29 is 8.42 Å². The van der Waals surface area contributed by atoms with E-state index in [2.05, 4.69) is 18.2 Å². The fourth-order valence-corrected chi connectivity index (χ4v) is 6.51. The Kier molecular flexibility index (Phi) is 6.70. The van der Waals surface area contributed by atoms with E-state index >= 15 is 0 Å². The van der Waals surface area contributed by atoms with E-state index in [1.165, 1.54) is 4.31 Å². The predicted octanol–water partition coefficient (Wildman–Crippen LogP) is 7.61. The molecule has 5 nitrogen and oxygen atoms in total. The van der Waals surface area contributed by atoms with Crippen LogP contribution in [0.25, 0.3) is 33.4 Å². The molecule has 0 aliphatic rings. The summed E-state index contributed by atoms with van der Waals surface area (Å²) in [5.74, 6) is 1.09. The van der Waals surface area contributed by atoms with Gasteiger partial charge in [-0.1, -0.05) is 121 Å². The highest BCUT2D eigenvalue weighted by atomic mass is 32.2. The van der Waals surface area contributed by atoms with E-state index in [0.29, 0.717) is 11.6 Å². The molecule has 0 amide bonds. The molecule has 6 aromatic rings. The lowest BCUT2D eigenvalue weighted by Gasteiger charge is -2.24. The number of rotatable bonds is 7. The van der Waals surface area contributed by atoms with Crippen molar-refractivity contribution in [3.63, 3.8) is 0 Å². The summed E-state index contributed by atoms with van der Waals surface area (Å²) in [5, 5.41) is 2.15. The average molecular weight is 544 g/mol. The van der Waals surface area contributed by atoms with Crippen LogP contribution in [-0.4, -0.2) is 18.0 Å². The lowest BCUT2D eigenvalue weighted by atomic mass is 10.0. The summed E-state index contributed by atoms with van der Waals surface area (Å²) < 4.78 is 32.2. The number of anilines is 1. The Labute approximate surface area is 235 Å². The zero-order valence-corrected chi connectivity index (χ0v) is 23.2. The molecule has 6 heteroatoms. The van der Waals surface area contributed by atoms with Gasteiger partial charge in [0.05, 0.1) is 17.1 Å². The van der Waals surface area contributed by atoms with E-state index in [0.717, 1.165) is 38.7 Å². The molecule has 0 saturated heterocycles. The first-order valence-corrected chi connectivity index (χ1v) is 14.6. The predicted molar refractivity (Wildman–Crippen MR) is 163 cm³/mol. The SMILES string of the molecule is Cc1ccc(S(=O)(=O)N(Cc2ccccc2)c2nc(-c3cccc4ccccc34)n(C)c2-c2ccccc2)cc1. The van der Waals surface area contributed by atoms with Crippen LogP contribution >= 0.6 is 0 Å². The summed E-state index contributed by atoms with van der Waals surface area (Å²) >= 11 is 0. The molecule has 0 aliphatic heterocycles. The van der Waals surface area contributed by atoms with Crippen LogP contribution in [0.3, 0.4) is 0 Å². The lowest BCUT2D eigenvalue weighted by Crippen LogP contribution is -2.31. The molecule has 198 valence electrons. The van der Waals surface area contributed by atoms with Crippen LogP contribution in [0.5, 0.6) is 0 Å². The monoisotopic (exact) mass is 543 g/mol. The molecule has 0 saturated carbocycles. The molecule has 0 N–H and O–H groups in total. The maximum absolute atomic E-state index is 14.4. The third-order valence-corrected chi connectivity index (χ3v) is 8.92. The van der Waals surface area contributed by atoms with Gasteiger partial charge in [-0.25, -0.2) is 17.7 Å². The van der Waals surface area contributed by atoms with E-state index in [1.54, 1.807) is 12.1 Å². The number of benzene rings is 5. The van der Waals surface area contributed by atoms with Crippen molar-refractivity contribution in [3.05, 3.63) is 139 Å². The van der Waals surface area contributed by atoms with Crippen LogP contribution in [0.4, 0.5) is 5.82 Å². The quantitative estimate of drug-likeness (QED) is 0.208. The molecule has 0 spiro atoms. The molecular weight excluding hydrogens is 514 g/mol. The van der Waals surface area contributed by atoms with Gasteiger partial charge in [0.25, 0.3) is 10.0 Å². The van der Waals surface area contributed by atoms with Gasteiger partial charge in [0, 0.05) is 18.2 Å². The van der Waals surface area contributed by atoms with Gasteiger partial charge in [0.1, 0.15) is 5.82 Å². The van der Waals surface area contributed by atoms with Crippen LogP contribution in [0.15, 0.2) is 132 Å². The molecule has 6 rings (SSSR count). The van der Waals surface area contributed by atoms with Crippen LogP contribution in [0.1, 0.15) is 11.1 Å². The fourth-order valence-electron chi connectivity index (χ4n) is 5.10. The minimum absolute atomic E-state index is 0.142. The molecule has 0 aliphatic carbocycles. The lowest BCUT2D eigenvalue weighted by molar-refractivity contribution is 0.590. The van der Waals surface area contributed by atoms with E-state index in [9.17, 15) is 8.42 Å². The molecule has 40 heavy (non-hydrogen) atoms. The highest BCUT2D eigenvalue weighted by Crippen LogP contribution is 2.39. The first kappa shape index (κ1) is 25.6. The first-order chi connectivity index (χ1) is 19.4. The molecule has 0 fully saturated rings. The topological polar surface area (TPSA) is 55.2 Å². The van der Waals surface area contributed by atoms with Gasteiger partial charge >= 0.3 is 0 Å². The zero-order valence-electron chi connectivity index (χ0n) is 22.4. The fraction of sp³-hybridized carbons (Fsp3) is 0.0882. The van der Waals surface area contributed by atoms with Gasteiger partial charge in [0.2, 0.25) is 0 Å². The Bertz CT molecular complexity index is 1890. The molecule has 0 atom stereocenters. The summed E-state index contributed by atoms with van der Waals surface area (Å²) in [6, 6.07) is 40.8. The average Bonchev–Trinajstić information content (AvgIpc) is 3.32. The van der Waals surface area contributed by atoms with Crippen molar-refractivity contribution in [2.45, 2.75) is 18.4 Å². The second-order valence-electron chi connectivity index (χ2n) is 9.87. The number of hydrogen-bond donors (Lipinski definition) is 0. The van der Waals surface area contributed by atoms with Gasteiger partial charge in [-0.05, 0) is 35.4 Å². The third kappa shape index (κ3) is 4.67. The minimum atomic E-state index is -3.97. The Hall–Kier alpha value is -4.68. The zero-order chi connectivity index (χ0) is 27.7. The summed E-state index contributed by atoms with van der Waals surface area (Å²) in [6.45, 7) is 2.09. The maximum atomic E-state index is 14.4. The minimum Gasteiger partial charge on any atom is -0.325 e. The maximum Gasteiger partial charge on any atom is 0.265 e. The van der Waals surface area contributed by atoms with Crippen molar-refractivity contribution in [2.75, 3.05) is 4.31 Å². The van der Waals surface area contributed by atoms with Gasteiger partial charge in [-0.15, -0.1) is 0 Å². The molecule has 5 aromatic carbocycles. The van der Waals surface area contributed by atoms with Crippen molar-refractivity contribution in [1.29, 1.82) is 0 Å². The Morgan fingerprint density at radius 2 is 1.35 bits per heavy atom. The van der Waals surface area contributed by atoms with Gasteiger partial charge < -0.3 is 4.57 Å². The number of nitrogens with zero attached hydrogens (tertiary/aromatic N) is 3. The second-order valence-corrected chi connectivity index (χ2v) is 11.7. The number of sulfonamides is 1. The molecular formula is C34H29N3O2S. The van der Waals surface area contributed by atoms with Gasteiger partial charge in [-0.2, -0.15) is 0 Å². The van der Waals surface area contributed by atoms with Gasteiger partial charge in [0.15, 0.2) is 5.82 Å². The normalized spacial score (nSPS) is 11.6. The number of imidazole rings is 1. The third-order valence-electron chi connectivity index (χ3n) is 7.17. The van der Waals surface area contributed by atoms with Gasteiger partial charge in [-0.3, -0.25) is 0 Å². The van der Waals surface area contributed by atoms with Crippen LogP contribution in [0, 0.1) is 6.92 Å². The smallest absolute Gasteiger partial charge is 0.265 e. The van der Waals surface area contributed by atoms with E-state index in [1.807, 2.05) is 116 Å². The summed E-state index contributed by atoms with van der Waals surface area (Å²) in [7, 11) is -2.02. The highest BCUT2D eigenvalue weighted by Gasteiger charge is 2.32. The number of fused-ring (bicyclic) bond motifs is 1. The number of aromatic nitrogens is 2. The largest absolute Gasteiger partial charge is 0.325 e. The van der Waals surface area contributed by atoms with Crippen molar-refractivity contribution >= 4 is 26.6 Å². The second kappa shape index (κ2) is 10.5.